The maximum atomic E-state index is 12.8. The standard InChI is InChI=1S/C12H16ClFN2O2/c1-7(6-17)8(2)15-12(18)16-11-4-3-9(14)5-10(11)13/h3-5,7-8,17H,6H2,1-2H3,(H2,15,16,18). The number of nitrogens with one attached hydrogen (secondary N) is 2. The average Bonchev–Trinajstić information content (AvgIpc) is 2.31. The number of aliphatic hydroxyl groups excluding tert-OH is 1. The first-order valence-electron chi connectivity index (χ1n) is 5.57. The van der Waals surface area contributed by atoms with Crippen LogP contribution in [-0.4, -0.2) is 23.8 Å². The van der Waals surface area contributed by atoms with Gasteiger partial charge in [0.15, 0.2) is 0 Å². The van der Waals surface area contributed by atoms with Crippen molar-refractivity contribution in [2.45, 2.75) is 19.9 Å². The van der Waals surface area contributed by atoms with Crippen molar-refractivity contribution >= 4 is 23.3 Å². The van der Waals surface area contributed by atoms with Crippen molar-refractivity contribution in [2.24, 2.45) is 5.92 Å². The fourth-order valence-electron chi connectivity index (χ4n) is 1.26. The summed E-state index contributed by atoms with van der Waals surface area (Å²) < 4.78 is 12.8. The first kappa shape index (κ1) is 14.7. The fourth-order valence-corrected chi connectivity index (χ4v) is 1.47. The molecule has 0 fully saturated rings. The molecule has 4 nitrogen and oxygen atoms in total. The lowest BCUT2D eigenvalue weighted by molar-refractivity contribution is 0.204. The fraction of sp³-hybridized carbons (Fsp3) is 0.417. The number of anilines is 1. The van der Waals surface area contributed by atoms with Crippen molar-refractivity contribution in [2.75, 3.05) is 11.9 Å². The van der Waals surface area contributed by atoms with Crippen LogP contribution in [0.1, 0.15) is 13.8 Å². The molecule has 2 atom stereocenters. The molecular weight excluding hydrogens is 259 g/mol. The number of carbonyl (C=O) groups excluding carboxylic acids is 1. The van der Waals surface area contributed by atoms with E-state index < -0.39 is 11.8 Å². The van der Waals surface area contributed by atoms with Crippen molar-refractivity contribution < 1.29 is 14.3 Å². The van der Waals surface area contributed by atoms with E-state index in [2.05, 4.69) is 10.6 Å². The molecule has 18 heavy (non-hydrogen) atoms. The molecule has 0 aliphatic heterocycles. The summed E-state index contributed by atoms with van der Waals surface area (Å²) in [6.45, 7) is 3.58. The van der Waals surface area contributed by atoms with Crippen LogP contribution in [0.15, 0.2) is 18.2 Å². The zero-order valence-electron chi connectivity index (χ0n) is 10.2. The van der Waals surface area contributed by atoms with Gasteiger partial charge in [-0.2, -0.15) is 0 Å². The van der Waals surface area contributed by atoms with E-state index in [1.54, 1.807) is 6.92 Å². The predicted molar refractivity (Wildman–Crippen MR) is 69.3 cm³/mol. The summed E-state index contributed by atoms with van der Waals surface area (Å²) in [6.07, 6.45) is 0. The number of urea groups is 1. The lowest BCUT2D eigenvalue weighted by Crippen LogP contribution is -2.40. The molecule has 100 valence electrons. The Kier molecular flexibility index (Phi) is 5.37. The second-order valence-electron chi connectivity index (χ2n) is 4.17. The molecule has 2 unspecified atom stereocenters. The Morgan fingerprint density at radius 1 is 1.50 bits per heavy atom. The van der Waals surface area contributed by atoms with Gasteiger partial charge in [0.1, 0.15) is 5.82 Å². The Balaban J connectivity index is 2.59. The van der Waals surface area contributed by atoms with Crippen molar-refractivity contribution in [3.05, 3.63) is 29.0 Å². The molecule has 6 heteroatoms. The molecule has 1 rings (SSSR count). The van der Waals surface area contributed by atoms with E-state index in [1.165, 1.54) is 12.1 Å². The predicted octanol–water partition coefficient (Wildman–Crippen LogP) is 2.62. The van der Waals surface area contributed by atoms with Crippen molar-refractivity contribution in [3.8, 4) is 0 Å². The minimum atomic E-state index is -0.465. The zero-order valence-corrected chi connectivity index (χ0v) is 11.0. The van der Waals surface area contributed by atoms with Crippen molar-refractivity contribution in [3.63, 3.8) is 0 Å². The van der Waals surface area contributed by atoms with E-state index in [4.69, 9.17) is 16.7 Å². The SMILES string of the molecule is CC(CO)C(C)NC(=O)Nc1ccc(F)cc1Cl. The van der Waals surface area contributed by atoms with Crippen LogP contribution in [0.25, 0.3) is 0 Å². The zero-order chi connectivity index (χ0) is 13.7. The summed E-state index contributed by atoms with van der Waals surface area (Å²) in [5, 5.41) is 14.3. The van der Waals surface area contributed by atoms with Gasteiger partial charge >= 0.3 is 6.03 Å². The summed E-state index contributed by atoms with van der Waals surface area (Å²) in [5.74, 6) is -0.521. The molecule has 0 spiro atoms. The quantitative estimate of drug-likeness (QED) is 0.790. The van der Waals surface area contributed by atoms with Gasteiger partial charge < -0.3 is 15.7 Å². The second kappa shape index (κ2) is 6.56. The molecule has 0 heterocycles. The van der Waals surface area contributed by atoms with E-state index in [0.717, 1.165) is 6.07 Å². The van der Waals surface area contributed by atoms with Gasteiger partial charge in [-0.3, -0.25) is 0 Å². The Hall–Kier alpha value is -1.33. The number of amides is 2. The number of carbonyl (C=O) groups is 1. The smallest absolute Gasteiger partial charge is 0.319 e. The largest absolute Gasteiger partial charge is 0.396 e. The van der Waals surface area contributed by atoms with Gasteiger partial charge in [-0.15, -0.1) is 0 Å². The van der Waals surface area contributed by atoms with Crippen LogP contribution in [0.3, 0.4) is 0 Å². The van der Waals surface area contributed by atoms with Crippen LogP contribution in [0, 0.1) is 11.7 Å². The van der Waals surface area contributed by atoms with E-state index in [9.17, 15) is 9.18 Å². The van der Waals surface area contributed by atoms with Crippen LogP contribution < -0.4 is 10.6 Å². The number of hydrogen-bond acceptors (Lipinski definition) is 2. The number of rotatable bonds is 4. The van der Waals surface area contributed by atoms with Crippen LogP contribution in [0.5, 0.6) is 0 Å². The van der Waals surface area contributed by atoms with Gasteiger partial charge in [0, 0.05) is 12.6 Å². The second-order valence-corrected chi connectivity index (χ2v) is 4.58. The molecule has 2 amide bonds. The van der Waals surface area contributed by atoms with Crippen molar-refractivity contribution in [1.82, 2.24) is 5.32 Å². The molecule has 0 radical (unpaired) electrons. The Morgan fingerprint density at radius 2 is 2.17 bits per heavy atom. The highest BCUT2D eigenvalue weighted by molar-refractivity contribution is 6.33. The molecule has 0 saturated carbocycles. The Bertz CT molecular complexity index is 429. The molecule has 1 aromatic rings. The van der Waals surface area contributed by atoms with Gasteiger partial charge in [0.05, 0.1) is 10.7 Å². The molecular formula is C12H16ClFN2O2. The van der Waals surface area contributed by atoms with E-state index >= 15 is 0 Å². The summed E-state index contributed by atoms with van der Waals surface area (Å²) in [7, 11) is 0. The maximum absolute atomic E-state index is 12.8. The van der Waals surface area contributed by atoms with Gasteiger partial charge in [0.2, 0.25) is 0 Å². The van der Waals surface area contributed by atoms with E-state index in [0.29, 0.717) is 5.69 Å². The molecule has 0 bridgehead atoms. The molecule has 3 N–H and O–H groups in total. The normalized spacial score (nSPS) is 13.8. The number of benzene rings is 1. The third-order valence-corrected chi connectivity index (χ3v) is 2.99. The maximum Gasteiger partial charge on any atom is 0.319 e. The minimum absolute atomic E-state index is 0.0151. The average molecular weight is 275 g/mol. The molecule has 0 saturated heterocycles. The first-order chi connectivity index (χ1) is 8.43. The minimum Gasteiger partial charge on any atom is -0.396 e. The van der Waals surface area contributed by atoms with Gasteiger partial charge in [-0.25, -0.2) is 9.18 Å². The molecule has 1 aromatic carbocycles. The monoisotopic (exact) mass is 274 g/mol. The summed E-state index contributed by atoms with van der Waals surface area (Å²) in [6, 6.07) is 3.08. The topological polar surface area (TPSA) is 61.4 Å². The van der Waals surface area contributed by atoms with E-state index in [1.807, 2.05) is 6.92 Å². The number of aliphatic hydroxyl groups is 1. The van der Waals surface area contributed by atoms with Crippen LogP contribution in [0.2, 0.25) is 5.02 Å². The highest BCUT2D eigenvalue weighted by atomic mass is 35.5. The van der Waals surface area contributed by atoms with E-state index in [-0.39, 0.29) is 23.6 Å². The molecule has 0 aliphatic carbocycles. The summed E-state index contributed by atoms with van der Waals surface area (Å²) >= 11 is 5.78. The van der Waals surface area contributed by atoms with Crippen LogP contribution >= 0.6 is 11.6 Å². The molecule has 0 aliphatic rings. The van der Waals surface area contributed by atoms with Gasteiger partial charge in [-0.1, -0.05) is 18.5 Å². The lowest BCUT2D eigenvalue weighted by Gasteiger charge is -2.19. The number of hydrogen-bond donors (Lipinski definition) is 3. The van der Waals surface area contributed by atoms with Gasteiger partial charge in [0.25, 0.3) is 0 Å². The summed E-state index contributed by atoms with van der Waals surface area (Å²) in [4.78, 5) is 11.6. The summed E-state index contributed by atoms with van der Waals surface area (Å²) in [5.41, 5.74) is 0.333. The Labute approximate surface area is 110 Å². The van der Waals surface area contributed by atoms with Crippen LogP contribution in [-0.2, 0) is 0 Å². The molecule has 0 aromatic heterocycles. The first-order valence-corrected chi connectivity index (χ1v) is 5.95. The lowest BCUT2D eigenvalue weighted by atomic mass is 10.1. The van der Waals surface area contributed by atoms with Crippen LogP contribution in [0.4, 0.5) is 14.9 Å². The number of halogens is 2. The van der Waals surface area contributed by atoms with Gasteiger partial charge in [-0.05, 0) is 31.0 Å². The third-order valence-electron chi connectivity index (χ3n) is 2.68. The van der Waals surface area contributed by atoms with Crippen molar-refractivity contribution in [1.29, 1.82) is 0 Å². The third kappa shape index (κ3) is 4.16. The Morgan fingerprint density at radius 3 is 2.72 bits per heavy atom. The highest BCUT2D eigenvalue weighted by Gasteiger charge is 2.14. The highest BCUT2D eigenvalue weighted by Crippen LogP contribution is 2.22.